The van der Waals surface area contributed by atoms with E-state index in [-0.39, 0.29) is 24.1 Å². The smallest absolute Gasteiger partial charge is 0.308 e. The predicted molar refractivity (Wildman–Crippen MR) is 44.7 cm³/mol. The van der Waals surface area contributed by atoms with E-state index in [9.17, 15) is 9.59 Å². The van der Waals surface area contributed by atoms with Crippen molar-refractivity contribution in [2.75, 3.05) is 20.7 Å². The first-order chi connectivity index (χ1) is 5.61. The molecule has 1 N–H and O–H groups in total. The Morgan fingerprint density at radius 1 is 1.50 bits per heavy atom. The monoisotopic (exact) mass is 173 g/mol. The average Bonchev–Trinajstić information content (AvgIpc) is 2.03. The summed E-state index contributed by atoms with van der Waals surface area (Å²) in [5.74, 6) is -0.647. The Hall–Kier alpha value is -0.900. The minimum absolute atomic E-state index is 0.0235. The maximum Gasteiger partial charge on any atom is 0.308 e. The van der Waals surface area contributed by atoms with Gasteiger partial charge in [0, 0.05) is 6.42 Å². The molecule has 4 heteroatoms. The van der Waals surface area contributed by atoms with Gasteiger partial charge < -0.3 is 10.1 Å². The molecule has 0 aromatic rings. The van der Waals surface area contributed by atoms with Gasteiger partial charge in [-0.25, -0.2) is 0 Å². The number of ketones is 1. The number of rotatable bonds is 5. The van der Waals surface area contributed by atoms with Gasteiger partial charge >= 0.3 is 5.97 Å². The van der Waals surface area contributed by atoms with Gasteiger partial charge in [-0.1, -0.05) is 6.92 Å². The zero-order valence-electron chi connectivity index (χ0n) is 7.72. The van der Waals surface area contributed by atoms with Crippen LogP contribution in [0.5, 0.6) is 0 Å². The van der Waals surface area contributed by atoms with Gasteiger partial charge in [-0.3, -0.25) is 9.59 Å². The van der Waals surface area contributed by atoms with Crippen LogP contribution in [-0.2, 0) is 14.3 Å². The zero-order valence-corrected chi connectivity index (χ0v) is 7.72. The normalized spacial score (nSPS) is 12.2. The van der Waals surface area contributed by atoms with Crippen molar-refractivity contribution >= 4 is 11.8 Å². The van der Waals surface area contributed by atoms with Crippen LogP contribution in [0.1, 0.15) is 13.3 Å². The number of carbonyl (C=O) groups is 2. The lowest BCUT2D eigenvalue weighted by Crippen LogP contribution is -2.23. The highest BCUT2D eigenvalue weighted by molar-refractivity contribution is 5.85. The van der Waals surface area contributed by atoms with Gasteiger partial charge in [-0.05, 0) is 7.05 Å². The Kier molecular flexibility index (Phi) is 5.28. The van der Waals surface area contributed by atoms with E-state index in [4.69, 9.17) is 0 Å². The lowest BCUT2D eigenvalue weighted by molar-refractivity contribution is -0.146. The van der Waals surface area contributed by atoms with E-state index < -0.39 is 0 Å². The second-order valence-electron chi connectivity index (χ2n) is 2.70. The summed E-state index contributed by atoms with van der Waals surface area (Å²) in [4.78, 5) is 21.9. The Balaban J connectivity index is 3.75. The third-order valence-corrected chi connectivity index (χ3v) is 1.51. The number of hydrogen-bond donors (Lipinski definition) is 1. The topological polar surface area (TPSA) is 55.4 Å². The standard InChI is InChI=1S/C8H15NO3/c1-6(8(11)12-3)4-7(10)5-9-2/h6,9H,4-5H2,1-3H3. The summed E-state index contributed by atoms with van der Waals surface area (Å²) in [5, 5.41) is 2.73. The molecule has 1 atom stereocenters. The number of carbonyl (C=O) groups excluding carboxylic acids is 2. The lowest BCUT2D eigenvalue weighted by atomic mass is 10.1. The number of hydrogen-bond acceptors (Lipinski definition) is 4. The number of likely N-dealkylation sites (N-methyl/N-ethyl adjacent to an activating group) is 1. The lowest BCUT2D eigenvalue weighted by Gasteiger charge is -2.06. The Morgan fingerprint density at radius 2 is 2.08 bits per heavy atom. The molecular weight excluding hydrogens is 158 g/mol. The van der Waals surface area contributed by atoms with Crippen LogP contribution in [0.15, 0.2) is 0 Å². The van der Waals surface area contributed by atoms with Crippen molar-refractivity contribution < 1.29 is 14.3 Å². The van der Waals surface area contributed by atoms with Gasteiger partial charge in [-0.2, -0.15) is 0 Å². The molecule has 0 fully saturated rings. The van der Waals surface area contributed by atoms with Crippen LogP contribution in [0, 0.1) is 5.92 Å². The van der Waals surface area contributed by atoms with Crippen LogP contribution < -0.4 is 5.32 Å². The first-order valence-electron chi connectivity index (χ1n) is 3.86. The summed E-state index contributed by atoms with van der Waals surface area (Å²) in [6.45, 7) is 1.99. The maximum absolute atomic E-state index is 11.0. The number of Topliss-reactive ketones (excluding diaryl/α,β-unsaturated/α-hetero) is 1. The van der Waals surface area contributed by atoms with Crippen LogP contribution in [0.25, 0.3) is 0 Å². The van der Waals surface area contributed by atoms with E-state index >= 15 is 0 Å². The van der Waals surface area contributed by atoms with Gasteiger partial charge in [0.15, 0.2) is 0 Å². The zero-order chi connectivity index (χ0) is 9.56. The SMILES string of the molecule is CNCC(=O)CC(C)C(=O)OC. The summed E-state index contributed by atoms with van der Waals surface area (Å²) < 4.78 is 4.48. The second kappa shape index (κ2) is 5.71. The number of methoxy groups -OCH3 is 1. The van der Waals surface area contributed by atoms with E-state index in [0.717, 1.165) is 0 Å². The third-order valence-electron chi connectivity index (χ3n) is 1.51. The molecule has 0 aromatic heterocycles. The number of nitrogens with one attached hydrogen (secondary N) is 1. The highest BCUT2D eigenvalue weighted by Gasteiger charge is 2.16. The second-order valence-corrected chi connectivity index (χ2v) is 2.70. The Labute approximate surface area is 72.3 Å². The quantitative estimate of drug-likeness (QED) is 0.593. The molecule has 0 heterocycles. The van der Waals surface area contributed by atoms with Crippen LogP contribution in [0.2, 0.25) is 0 Å². The van der Waals surface area contributed by atoms with Crippen LogP contribution >= 0.6 is 0 Å². The van der Waals surface area contributed by atoms with E-state index in [0.29, 0.717) is 6.54 Å². The molecule has 1 unspecified atom stereocenters. The molecule has 0 saturated heterocycles. The van der Waals surface area contributed by atoms with Crippen molar-refractivity contribution in [1.82, 2.24) is 5.32 Å². The van der Waals surface area contributed by atoms with Crippen LogP contribution in [0.4, 0.5) is 0 Å². The average molecular weight is 173 g/mol. The summed E-state index contributed by atoms with van der Waals surface area (Å²) in [7, 11) is 3.02. The van der Waals surface area contributed by atoms with Gasteiger partial charge in [-0.15, -0.1) is 0 Å². The first-order valence-corrected chi connectivity index (χ1v) is 3.86. The molecule has 0 aliphatic carbocycles. The Bertz CT molecular complexity index is 168. The van der Waals surface area contributed by atoms with E-state index in [1.807, 2.05) is 0 Å². The minimum atomic E-state index is -0.337. The highest BCUT2D eigenvalue weighted by atomic mass is 16.5. The molecule has 70 valence electrons. The van der Waals surface area contributed by atoms with Crippen LogP contribution in [-0.4, -0.2) is 32.5 Å². The third kappa shape index (κ3) is 4.08. The molecule has 0 bridgehead atoms. The largest absolute Gasteiger partial charge is 0.469 e. The summed E-state index contributed by atoms with van der Waals surface area (Å²) in [6, 6.07) is 0. The molecular formula is C8H15NO3. The summed E-state index contributed by atoms with van der Waals surface area (Å²) in [5.41, 5.74) is 0. The van der Waals surface area contributed by atoms with Crippen molar-refractivity contribution in [2.45, 2.75) is 13.3 Å². The van der Waals surface area contributed by atoms with Crippen molar-refractivity contribution in [3.63, 3.8) is 0 Å². The molecule has 0 spiro atoms. The molecule has 0 aromatic carbocycles. The van der Waals surface area contributed by atoms with E-state index in [1.54, 1.807) is 14.0 Å². The minimum Gasteiger partial charge on any atom is -0.469 e. The molecule has 4 nitrogen and oxygen atoms in total. The van der Waals surface area contributed by atoms with E-state index in [1.165, 1.54) is 7.11 Å². The summed E-state index contributed by atoms with van der Waals surface area (Å²) >= 11 is 0. The van der Waals surface area contributed by atoms with Crippen molar-refractivity contribution in [3.8, 4) is 0 Å². The molecule has 12 heavy (non-hydrogen) atoms. The fraction of sp³-hybridized carbons (Fsp3) is 0.750. The van der Waals surface area contributed by atoms with Crippen LogP contribution in [0.3, 0.4) is 0 Å². The Morgan fingerprint density at radius 3 is 2.50 bits per heavy atom. The van der Waals surface area contributed by atoms with Gasteiger partial charge in [0.1, 0.15) is 5.78 Å². The molecule has 0 radical (unpaired) electrons. The van der Waals surface area contributed by atoms with Gasteiger partial charge in [0.25, 0.3) is 0 Å². The van der Waals surface area contributed by atoms with Gasteiger partial charge in [0.05, 0.1) is 19.6 Å². The molecule has 0 rings (SSSR count). The van der Waals surface area contributed by atoms with E-state index in [2.05, 4.69) is 10.1 Å². The van der Waals surface area contributed by atoms with Gasteiger partial charge in [0.2, 0.25) is 0 Å². The summed E-state index contributed by atoms with van der Waals surface area (Å²) in [6.07, 6.45) is 0.244. The number of ether oxygens (including phenoxy) is 1. The fourth-order valence-electron chi connectivity index (χ4n) is 0.895. The van der Waals surface area contributed by atoms with Crippen molar-refractivity contribution in [1.29, 1.82) is 0 Å². The highest BCUT2D eigenvalue weighted by Crippen LogP contribution is 2.03. The fourth-order valence-corrected chi connectivity index (χ4v) is 0.895. The van der Waals surface area contributed by atoms with Crippen molar-refractivity contribution in [2.24, 2.45) is 5.92 Å². The predicted octanol–water partition coefficient (Wildman–Crippen LogP) is -0.0259. The molecule has 0 saturated carbocycles. The first kappa shape index (κ1) is 11.1. The maximum atomic E-state index is 11.0. The molecule has 0 amide bonds. The number of esters is 1. The van der Waals surface area contributed by atoms with Crippen molar-refractivity contribution in [3.05, 3.63) is 0 Å². The molecule has 0 aliphatic rings. The molecule has 0 aliphatic heterocycles.